The quantitative estimate of drug-likeness (QED) is 0.603. The lowest BCUT2D eigenvalue weighted by Gasteiger charge is -1.97. The molecule has 1 aromatic heterocycles. The number of nitrogens with zero attached hydrogens (tertiary/aromatic N) is 1. The number of hydrogen-bond acceptors (Lipinski definition) is 3. The zero-order valence-corrected chi connectivity index (χ0v) is 6.99. The Morgan fingerprint density at radius 1 is 1.42 bits per heavy atom. The summed E-state index contributed by atoms with van der Waals surface area (Å²) in [6, 6.07) is 1.37. The van der Waals surface area contributed by atoms with Gasteiger partial charge in [-0.15, -0.1) is 4.73 Å². The Kier molecular flexibility index (Phi) is 2.47. The fraction of sp³-hybridized carbons (Fsp3) is 0.500. The summed E-state index contributed by atoms with van der Waals surface area (Å²) in [6.45, 7) is 2.03. The summed E-state index contributed by atoms with van der Waals surface area (Å²) in [5, 5.41) is 27.1. The maximum atomic E-state index is 9.20. The van der Waals surface area contributed by atoms with Crippen LogP contribution in [0.25, 0.3) is 0 Å². The molecular formula is C8H13NO3. The molecule has 68 valence electrons. The van der Waals surface area contributed by atoms with E-state index in [0.29, 0.717) is 16.7 Å². The van der Waals surface area contributed by atoms with E-state index in [4.69, 9.17) is 10.3 Å². The molecule has 4 nitrogen and oxygen atoms in total. The molecule has 4 heteroatoms. The van der Waals surface area contributed by atoms with Crippen molar-refractivity contribution in [1.29, 1.82) is 0 Å². The fourth-order valence-corrected chi connectivity index (χ4v) is 1.08. The second-order valence-corrected chi connectivity index (χ2v) is 2.77. The molecule has 1 aromatic rings. The largest absolute Gasteiger partial charge is 0.492 e. The monoisotopic (exact) mass is 171 g/mol. The number of unbranched alkanes of at least 4 members (excludes halogenated alkanes) is 1. The van der Waals surface area contributed by atoms with Gasteiger partial charge in [-0.05, 0) is 12.8 Å². The summed E-state index contributed by atoms with van der Waals surface area (Å²) in [5.41, 5.74) is 0.580. The van der Waals surface area contributed by atoms with Gasteiger partial charge >= 0.3 is 0 Å². The first-order chi connectivity index (χ1) is 5.66. The number of rotatable bonds is 3. The van der Waals surface area contributed by atoms with E-state index in [1.165, 1.54) is 6.07 Å². The molecule has 0 saturated heterocycles. The molecule has 0 unspecified atom stereocenters. The van der Waals surface area contributed by atoms with Gasteiger partial charge in [0, 0.05) is 11.6 Å². The van der Waals surface area contributed by atoms with Gasteiger partial charge in [-0.1, -0.05) is 13.3 Å². The van der Waals surface area contributed by atoms with Gasteiger partial charge in [0.25, 0.3) is 0 Å². The van der Waals surface area contributed by atoms with Crippen LogP contribution in [0.2, 0.25) is 0 Å². The lowest BCUT2D eigenvalue weighted by molar-refractivity contribution is 0.130. The summed E-state index contributed by atoms with van der Waals surface area (Å²) < 4.78 is 0.380. The molecule has 0 aliphatic rings. The van der Waals surface area contributed by atoms with Crippen molar-refractivity contribution in [1.82, 2.24) is 4.73 Å². The van der Waals surface area contributed by atoms with Crippen molar-refractivity contribution in [2.75, 3.05) is 0 Å². The molecule has 0 aliphatic heterocycles. The minimum absolute atomic E-state index is 0.263. The fourth-order valence-electron chi connectivity index (χ4n) is 1.08. The molecule has 0 fully saturated rings. The smallest absolute Gasteiger partial charge is 0.232 e. The van der Waals surface area contributed by atoms with Crippen LogP contribution in [-0.2, 0) is 6.42 Å². The average Bonchev–Trinajstić information content (AvgIpc) is 2.30. The predicted molar refractivity (Wildman–Crippen MR) is 43.6 cm³/mol. The van der Waals surface area contributed by atoms with E-state index >= 15 is 0 Å². The zero-order valence-electron chi connectivity index (χ0n) is 6.99. The van der Waals surface area contributed by atoms with Gasteiger partial charge in [0.2, 0.25) is 11.8 Å². The minimum atomic E-state index is -0.321. The predicted octanol–water partition coefficient (Wildman–Crippen LogP) is 1.48. The van der Waals surface area contributed by atoms with Crippen LogP contribution in [-0.4, -0.2) is 20.2 Å². The average molecular weight is 171 g/mol. The summed E-state index contributed by atoms with van der Waals surface area (Å²) in [7, 11) is 0. The van der Waals surface area contributed by atoms with E-state index < -0.39 is 0 Å². The first kappa shape index (κ1) is 8.77. The normalized spacial score (nSPS) is 10.4. The summed E-state index contributed by atoms with van der Waals surface area (Å²) >= 11 is 0. The lowest BCUT2D eigenvalue weighted by atomic mass is 10.1. The molecule has 0 saturated carbocycles. The van der Waals surface area contributed by atoms with Gasteiger partial charge in [-0.3, -0.25) is 0 Å². The SMILES string of the molecule is CCCCc1cc(O)n(O)c1O. The highest BCUT2D eigenvalue weighted by atomic mass is 16.5. The highest BCUT2D eigenvalue weighted by molar-refractivity contribution is 5.33. The van der Waals surface area contributed by atoms with Gasteiger partial charge in [0.05, 0.1) is 0 Å². The lowest BCUT2D eigenvalue weighted by Crippen LogP contribution is -1.88. The number of aryl methyl sites for hydroxylation is 1. The molecule has 0 atom stereocenters. The number of aromatic hydroxyl groups is 2. The molecule has 0 amide bonds. The Morgan fingerprint density at radius 2 is 2.08 bits per heavy atom. The van der Waals surface area contributed by atoms with Crippen LogP contribution < -0.4 is 0 Å². The molecule has 0 radical (unpaired) electrons. The van der Waals surface area contributed by atoms with Gasteiger partial charge in [0.1, 0.15) is 0 Å². The molecule has 0 aromatic carbocycles. The zero-order chi connectivity index (χ0) is 9.14. The maximum Gasteiger partial charge on any atom is 0.232 e. The van der Waals surface area contributed by atoms with Crippen LogP contribution in [0.5, 0.6) is 11.8 Å². The molecule has 3 N–H and O–H groups in total. The molecule has 0 aliphatic carbocycles. The Hall–Kier alpha value is -1.32. The Balaban J connectivity index is 2.79. The van der Waals surface area contributed by atoms with Gasteiger partial charge < -0.3 is 15.4 Å². The molecule has 12 heavy (non-hydrogen) atoms. The summed E-state index contributed by atoms with van der Waals surface area (Å²) in [6.07, 6.45) is 2.61. The van der Waals surface area contributed by atoms with E-state index in [-0.39, 0.29) is 11.8 Å². The molecule has 0 bridgehead atoms. The molecule has 0 spiro atoms. The first-order valence-corrected chi connectivity index (χ1v) is 3.98. The highest BCUT2D eigenvalue weighted by Gasteiger charge is 2.11. The van der Waals surface area contributed by atoms with E-state index in [0.717, 1.165) is 12.8 Å². The minimum Gasteiger partial charge on any atom is -0.492 e. The molecule has 1 heterocycles. The third kappa shape index (κ3) is 1.47. The third-order valence-electron chi connectivity index (χ3n) is 1.81. The standard InChI is InChI=1S/C8H13NO3/c1-2-3-4-6-5-7(10)9(12)8(6)11/h5,10-12H,2-4H2,1H3. The molecule has 1 rings (SSSR count). The Labute approximate surface area is 70.6 Å². The van der Waals surface area contributed by atoms with E-state index in [1.807, 2.05) is 6.92 Å². The van der Waals surface area contributed by atoms with Crippen LogP contribution in [0.15, 0.2) is 6.07 Å². The van der Waals surface area contributed by atoms with Gasteiger partial charge in [-0.2, -0.15) is 0 Å². The Morgan fingerprint density at radius 3 is 2.50 bits per heavy atom. The van der Waals surface area contributed by atoms with Crippen molar-refractivity contribution in [2.45, 2.75) is 26.2 Å². The van der Waals surface area contributed by atoms with Crippen molar-refractivity contribution < 1.29 is 15.4 Å². The van der Waals surface area contributed by atoms with Crippen LogP contribution in [0.3, 0.4) is 0 Å². The van der Waals surface area contributed by atoms with Crippen LogP contribution in [0.1, 0.15) is 25.3 Å². The van der Waals surface area contributed by atoms with Crippen molar-refractivity contribution in [3.05, 3.63) is 11.6 Å². The number of hydrogen-bond donors (Lipinski definition) is 3. The summed E-state index contributed by atoms with van der Waals surface area (Å²) in [4.78, 5) is 0. The van der Waals surface area contributed by atoms with Crippen LogP contribution in [0, 0.1) is 0 Å². The second kappa shape index (κ2) is 3.38. The number of aromatic nitrogens is 1. The Bertz CT molecular complexity index is 268. The van der Waals surface area contributed by atoms with Crippen molar-refractivity contribution >= 4 is 0 Å². The topological polar surface area (TPSA) is 65.6 Å². The van der Waals surface area contributed by atoms with Crippen LogP contribution in [0.4, 0.5) is 0 Å². The van der Waals surface area contributed by atoms with E-state index in [1.54, 1.807) is 0 Å². The van der Waals surface area contributed by atoms with Crippen LogP contribution >= 0.6 is 0 Å². The van der Waals surface area contributed by atoms with Crippen molar-refractivity contribution in [3.8, 4) is 11.8 Å². The van der Waals surface area contributed by atoms with Gasteiger partial charge in [0.15, 0.2) is 0 Å². The summed E-state index contributed by atoms with van der Waals surface area (Å²) in [5.74, 6) is -0.584. The first-order valence-electron chi connectivity index (χ1n) is 3.98. The van der Waals surface area contributed by atoms with Crippen molar-refractivity contribution in [3.63, 3.8) is 0 Å². The second-order valence-electron chi connectivity index (χ2n) is 2.77. The van der Waals surface area contributed by atoms with Gasteiger partial charge in [-0.25, -0.2) is 0 Å². The van der Waals surface area contributed by atoms with E-state index in [2.05, 4.69) is 0 Å². The highest BCUT2D eigenvalue weighted by Crippen LogP contribution is 2.26. The van der Waals surface area contributed by atoms with Crippen molar-refractivity contribution in [2.24, 2.45) is 0 Å². The van der Waals surface area contributed by atoms with E-state index in [9.17, 15) is 5.11 Å². The molecular weight excluding hydrogens is 158 g/mol. The third-order valence-corrected chi connectivity index (χ3v) is 1.81. The maximum absolute atomic E-state index is 9.20.